The average Bonchev–Trinajstić information content (AvgIpc) is 2.80. The van der Waals surface area contributed by atoms with Gasteiger partial charge in [0.2, 0.25) is 5.95 Å². The molecule has 1 aromatic heterocycles. The van der Waals surface area contributed by atoms with Gasteiger partial charge in [-0.15, -0.1) is 0 Å². The van der Waals surface area contributed by atoms with Gasteiger partial charge in [0, 0.05) is 32.1 Å². The summed E-state index contributed by atoms with van der Waals surface area (Å²) in [6.07, 6.45) is 4.12. The molecule has 0 radical (unpaired) electrons. The van der Waals surface area contributed by atoms with Gasteiger partial charge in [0.15, 0.2) is 0 Å². The van der Waals surface area contributed by atoms with E-state index in [1.807, 2.05) is 56.3 Å². The molecule has 3 N–H and O–H groups in total. The number of aryl methyl sites for hydroxylation is 1. The Balaban J connectivity index is 1.28. The number of urea groups is 1. The number of hydrogen-bond acceptors (Lipinski definition) is 5. The molecule has 1 fully saturated rings. The first kappa shape index (κ1) is 23.1. The predicted octanol–water partition coefficient (Wildman–Crippen LogP) is 5.45. The van der Waals surface area contributed by atoms with Gasteiger partial charge in [-0.3, -0.25) is 0 Å². The lowest BCUT2D eigenvalue weighted by Gasteiger charge is -2.29. The van der Waals surface area contributed by atoms with Crippen LogP contribution >= 0.6 is 11.6 Å². The van der Waals surface area contributed by atoms with Crippen LogP contribution in [0.15, 0.2) is 42.5 Å². The summed E-state index contributed by atoms with van der Waals surface area (Å²) in [5.41, 5.74) is 2.55. The Labute approximate surface area is 199 Å². The second-order valence-corrected chi connectivity index (χ2v) is 9.32. The molecular weight excluding hydrogens is 436 g/mol. The van der Waals surface area contributed by atoms with Crippen molar-refractivity contribution in [3.05, 3.63) is 53.1 Å². The standard InChI is InChI=1S/C25H31ClN6O/c1-16-7-6-9-20(26)22(16)30-25(33)27-15-17-11-13-18(14-12-17)28-24-29-21-10-5-4-8-19(21)23(31-24)32(2)3/h4-10,17-18H,11-15H2,1-3H3,(H2,27,30,33)(H,28,29,31). The molecule has 2 amide bonds. The molecule has 1 heterocycles. The number of amides is 2. The monoisotopic (exact) mass is 466 g/mol. The van der Waals surface area contributed by atoms with Crippen LogP contribution in [0.4, 0.5) is 22.2 Å². The predicted molar refractivity (Wildman–Crippen MR) is 136 cm³/mol. The summed E-state index contributed by atoms with van der Waals surface area (Å²) in [6.45, 7) is 2.58. The molecule has 0 saturated heterocycles. The van der Waals surface area contributed by atoms with Gasteiger partial charge in [-0.1, -0.05) is 35.9 Å². The van der Waals surface area contributed by atoms with Crippen LogP contribution in [0.2, 0.25) is 5.02 Å². The van der Waals surface area contributed by atoms with E-state index in [9.17, 15) is 4.79 Å². The molecular formula is C25H31ClN6O. The van der Waals surface area contributed by atoms with E-state index in [4.69, 9.17) is 21.6 Å². The van der Waals surface area contributed by atoms with Crippen molar-refractivity contribution in [2.45, 2.75) is 38.6 Å². The summed E-state index contributed by atoms with van der Waals surface area (Å²) in [5.74, 6) is 2.05. The van der Waals surface area contributed by atoms with Gasteiger partial charge in [0.1, 0.15) is 5.82 Å². The summed E-state index contributed by atoms with van der Waals surface area (Å²) in [6, 6.07) is 13.8. The van der Waals surface area contributed by atoms with Crippen LogP contribution in [0, 0.1) is 12.8 Å². The van der Waals surface area contributed by atoms with Crippen LogP contribution in [0.1, 0.15) is 31.2 Å². The highest BCUT2D eigenvalue weighted by molar-refractivity contribution is 6.33. The SMILES string of the molecule is Cc1cccc(Cl)c1NC(=O)NCC1CCC(Nc2nc(N(C)C)c3ccccc3n2)CC1. The van der Waals surface area contributed by atoms with Crippen molar-refractivity contribution >= 4 is 46.0 Å². The smallest absolute Gasteiger partial charge is 0.319 e. The molecule has 4 rings (SSSR count). The summed E-state index contributed by atoms with van der Waals surface area (Å²) in [5, 5.41) is 11.0. The number of hydrogen-bond donors (Lipinski definition) is 3. The highest BCUT2D eigenvalue weighted by Gasteiger charge is 2.23. The molecule has 174 valence electrons. The fraction of sp³-hybridized carbons (Fsp3) is 0.400. The minimum Gasteiger partial charge on any atom is -0.362 e. The van der Waals surface area contributed by atoms with Crippen LogP contribution in [0.25, 0.3) is 10.9 Å². The normalized spacial score (nSPS) is 18.1. The van der Waals surface area contributed by atoms with Gasteiger partial charge in [-0.05, 0) is 62.3 Å². The van der Waals surface area contributed by atoms with Gasteiger partial charge in [-0.25, -0.2) is 9.78 Å². The van der Waals surface area contributed by atoms with Crippen LogP contribution in [-0.4, -0.2) is 42.7 Å². The van der Waals surface area contributed by atoms with E-state index >= 15 is 0 Å². The molecule has 0 spiro atoms. The van der Waals surface area contributed by atoms with Gasteiger partial charge < -0.3 is 20.9 Å². The van der Waals surface area contributed by atoms with E-state index in [0.29, 0.717) is 35.2 Å². The molecule has 1 saturated carbocycles. The maximum absolute atomic E-state index is 12.3. The van der Waals surface area contributed by atoms with Crippen LogP contribution in [-0.2, 0) is 0 Å². The number of rotatable bonds is 6. The minimum atomic E-state index is -0.216. The Morgan fingerprint density at radius 3 is 2.55 bits per heavy atom. The minimum absolute atomic E-state index is 0.216. The number of anilines is 3. The fourth-order valence-electron chi connectivity index (χ4n) is 4.34. The van der Waals surface area contributed by atoms with Crippen molar-refractivity contribution in [1.82, 2.24) is 15.3 Å². The second kappa shape index (κ2) is 10.3. The Bertz CT molecular complexity index is 1110. The molecule has 7 nitrogen and oxygen atoms in total. The van der Waals surface area contributed by atoms with E-state index in [2.05, 4.69) is 22.0 Å². The molecule has 1 aliphatic rings. The highest BCUT2D eigenvalue weighted by Crippen LogP contribution is 2.28. The lowest BCUT2D eigenvalue weighted by Crippen LogP contribution is -2.36. The Kier molecular flexibility index (Phi) is 7.18. The average molecular weight is 467 g/mol. The summed E-state index contributed by atoms with van der Waals surface area (Å²) >= 11 is 6.20. The quantitative estimate of drug-likeness (QED) is 0.450. The first-order valence-electron chi connectivity index (χ1n) is 11.4. The molecule has 3 aromatic rings. The van der Waals surface area contributed by atoms with Crippen LogP contribution < -0.4 is 20.9 Å². The highest BCUT2D eigenvalue weighted by atomic mass is 35.5. The van der Waals surface area contributed by atoms with Crippen molar-refractivity contribution < 1.29 is 4.79 Å². The maximum Gasteiger partial charge on any atom is 0.319 e. The first-order valence-corrected chi connectivity index (χ1v) is 11.8. The number of para-hydroxylation sites is 2. The largest absolute Gasteiger partial charge is 0.362 e. The molecule has 0 bridgehead atoms. The number of halogens is 1. The Hall–Kier alpha value is -3.06. The zero-order valence-corrected chi connectivity index (χ0v) is 20.1. The van der Waals surface area contributed by atoms with Crippen molar-refractivity contribution in [2.75, 3.05) is 36.2 Å². The number of benzene rings is 2. The third-order valence-corrected chi connectivity index (χ3v) is 6.51. The molecule has 0 atom stereocenters. The lowest BCUT2D eigenvalue weighted by molar-refractivity contribution is 0.246. The number of aromatic nitrogens is 2. The van der Waals surface area contributed by atoms with Crippen LogP contribution in [0.5, 0.6) is 0 Å². The summed E-state index contributed by atoms with van der Waals surface area (Å²) in [7, 11) is 4.00. The Morgan fingerprint density at radius 1 is 1.06 bits per heavy atom. The van der Waals surface area contributed by atoms with Gasteiger partial charge >= 0.3 is 6.03 Å². The van der Waals surface area contributed by atoms with E-state index in [1.165, 1.54) is 0 Å². The lowest BCUT2D eigenvalue weighted by atomic mass is 9.86. The molecule has 0 unspecified atom stereocenters. The zero-order valence-electron chi connectivity index (χ0n) is 19.4. The van der Waals surface area contributed by atoms with Crippen molar-refractivity contribution in [2.24, 2.45) is 5.92 Å². The maximum atomic E-state index is 12.3. The first-order chi connectivity index (χ1) is 15.9. The third kappa shape index (κ3) is 5.66. The van der Waals surface area contributed by atoms with Crippen molar-refractivity contribution in [3.63, 3.8) is 0 Å². The fourth-order valence-corrected chi connectivity index (χ4v) is 4.61. The van der Waals surface area contributed by atoms with Gasteiger partial charge in [-0.2, -0.15) is 4.98 Å². The van der Waals surface area contributed by atoms with Gasteiger partial charge in [0.25, 0.3) is 0 Å². The molecule has 0 aliphatic heterocycles. The molecule has 33 heavy (non-hydrogen) atoms. The summed E-state index contributed by atoms with van der Waals surface area (Å²) < 4.78 is 0. The van der Waals surface area contributed by atoms with Crippen molar-refractivity contribution in [1.29, 1.82) is 0 Å². The van der Waals surface area contributed by atoms with E-state index in [1.54, 1.807) is 6.07 Å². The number of carbonyl (C=O) groups is 1. The molecule has 8 heteroatoms. The number of carbonyl (C=O) groups excluding carboxylic acids is 1. The molecule has 1 aliphatic carbocycles. The second-order valence-electron chi connectivity index (χ2n) is 8.91. The Morgan fingerprint density at radius 2 is 1.82 bits per heavy atom. The van der Waals surface area contributed by atoms with E-state index in [-0.39, 0.29) is 6.03 Å². The van der Waals surface area contributed by atoms with E-state index in [0.717, 1.165) is 48.0 Å². The van der Waals surface area contributed by atoms with Crippen LogP contribution in [0.3, 0.4) is 0 Å². The number of nitrogens with zero attached hydrogens (tertiary/aromatic N) is 3. The summed E-state index contributed by atoms with van der Waals surface area (Å²) in [4.78, 5) is 23.8. The van der Waals surface area contributed by atoms with E-state index < -0.39 is 0 Å². The molecule has 2 aromatic carbocycles. The third-order valence-electron chi connectivity index (χ3n) is 6.20. The zero-order chi connectivity index (χ0) is 23.4. The topological polar surface area (TPSA) is 82.2 Å². The van der Waals surface area contributed by atoms with Crippen molar-refractivity contribution in [3.8, 4) is 0 Å². The number of fused-ring (bicyclic) bond motifs is 1. The van der Waals surface area contributed by atoms with Gasteiger partial charge in [0.05, 0.1) is 16.2 Å². The number of nitrogens with one attached hydrogen (secondary N) is 3.